The molecule has 0 bridgehead atoms. The molecule has 0 unspecified atom stereocenters. The SMILES string of the molecule is Cn1cnc2cc(C(=O)N3C[C@@H](C(=O)NCc4ccccc4)Oc4ccccc43)ccc21. The molecule has 160 valence electrons. The number of hydrogen-bond acceptors (Lipinski definition) is 4. The largest absolute Gasteiger partial charge is 0.477 e. The van der Waals surface area contributed by atoms with Crippen molar-refractivity contribution >= 4 is 28.5 Å². The molecule has 1 aliphatic heterocycles. The van der Waals surface area contributed by atoms with Gasteiger partial charge in [-0.3, -0.25) is 9.59 Å². The summed E-state index contributed by atoms with van der Waals surface area (Å²) < 4.78 is 7.85. The summed E-state index contributed by atoms with van der Waals surface area (Å²) in [4.78, 5) is 32.3. The second kappa shape index (κ2) is 8.19. The third kappa shape index (κ3) is 3.69. The summed E-state index contributed by atoms with van der Waals surface area (Å²) >= 11 is 0. The van der Waals surface area contributed by atoms with Gasteiger partial charge >= 0.3 is 0 Å². The smallest absolute Gasteiger partial charge is 0.263 e. The van der Waals surface area contributed by atoms with E-state index in [4.69, 9.17) is 4.74 Å². The van der Waals surface area contributed by atoms with Crippen molar-refractivity contribution in [3.8, 4) is 5.75 Å². The van der Waals surface area contributed by atoms with Crippen molar-refractivity contribution in [2.24, 2.45) is 7.05 Å². The fourth-order valence-electron chi connectivity index (χ4n) is 3.89. The van der Waals surface area contributed by atoms with Gasteiger partial charge in [0.1, 0.15) is 5.75 Å². The maximum Gasteiger partial charge on any atom is 0.263 e. The van der Waals surface area contributed by atoms with Crippen LogP contribution >= 0.6 is 0 Å². The van der Waals surface area contributed by atoms with Gasteiger partial charge in [0.25, 0.3) is 11.8 Å². The molecule has 0 fully saturated rings. The number of fused-ring (bicyclic) bond motifs is 2. The molecule has 3 aromatic carbocycles. The lowest BCUT2D eigenvalue weighted by Gasteiger charge is -2.34. The summed E-state index contributed by atoms with van der Waals surface area (Å²) in [5.74, 6) is 0.0429. The Labute approximate surface area is 185 Å². The second-order valence-corrected chi connectivity index (χ2v) is 7.75. The first-order chi connectivity index (χ1) is 15.6. The topological polar surface area (TPSA) is 76.5 Å². The number of carbonyl (C=O) groups is 2. The Morgan fingerprint density at radius 1 is 1.06 bits per heavy atom. The van der Waals surface area contributed by atoms with E-state index < -0.39 is 6.10 Å². The van der Waals surface area contributed by atoms with Crippen LogP contribution in [0.1, 0.15) is 15.9 Å². The number of hydrogen-bond donors (Lipinski definition) is 1. The van der Waals surface area contributed by atoms with Crippen molar-refractivity contribution in [2.75, 3.05) is 11.4 Å². The maximum absolute atomic E-state index is 13.5. The van der Waals surface area contributed by atoms with E-state index in [1.165, 1.54) is 0 Å². The molecule has 2 amide bonds. The van der Waals surface area contributed by atoms with E-state index in [2.05, 4.69) is 10.3 Å². The monoisotopic (exact) mass is 426 g/mol. The van der Waals surface area contributed by atoms with Crippen LogP contribution in [0.3, 0.4) is 0 Å². The Hall–Kier alpha value is -4.13. The third-order valence-corrected chi connectivity index (χ3v) is 5.59. The average molecular weight is 426 g/mol. The standard InChI is InChI=1S/C25H22N4O3/c1-28-16-27-19-13-18(11-12-20(19)28)25(31)29-15-23(32-22-10-6-5-9-21(22)29)24(30)26-14-17-7-3-2-4-8-17/h2-13,16,23H,14-15H2,1H3,(H,26,30)/t23-/m0/s1. The van der Waals surface area contributed by atoms with E-state index in [-0.39, 0.29) is 18.4 Å². The van der Waals surface area contributed by atoms with Crippen LogP contribution in [0.25, 0.3) is 11.0 Å². The van der Waals surface area contributed by atoms with Gasteiger partial charge in [-0.25, -0.2) is 4.98 Å². The number of carbonyl (C=O) groups excluding carboxylic acids is 2. The number of amides is 2. The zero-order valence-corrected chi connectivity index (χ0v) is 17.6. The first-order valence-corrected chi connectivity index (χ1v) is 10.4. The molecule has 2 heterocycles. The summed E-state index contributed by atoms with van der Waals surface area (Å²) in [6.07, 6.45) is 0.909. The first-order valence-electron chi connectivity index (χ1n) is 10.4. The van der Waals surface area contributed by atoms with Crippen molar-refractivity contribution in [3.05, 3.63) is 90.3 Å². The summed E-state index contributed by atoms with van der Waals surface area (Å²) in [5.41, 5.74) is 3.84. The molecule has 4 aromatic rings. The summed E-state index contributed by atoms with van der Waals surface area (Å²) in [5, 5.41) is 2.91. The van der Waals surface area contributed by atoms with Gasteiger partial charge in [0.05, 0.1) is 29.6 Å². The van der Waals surface area contributed by atoms with Gasteiger partial charge in [0.2, 0.25) is 0 Å². The predicted molar refractivity (Wildman–Crippen MR) is 122 cm³/mol. The van der Waals surface area contributed by atoms with Crippen molar-refractivity contribution < 1.29 is 14.3 Å². The van der Waals surface area contributed by atoms with Crippen LogP contribution in [0.2, 0.25) is 0 Å². The molecule has 0 saturated heterocycles. The number of rotatable bonds is 4. The molecule has 5 rings (SSSR count). The first kappa shape index (κ1) is 19.8. The molecule has 0 spiro atoms. The molecule has 1 aromatic heterocycles. The van der Waals surface area contributed by atoms with Gasteiger partial charge < -0.3 is 19.5 Å². The lowest BCUT2D eigenvalue weighted by Crippen LogP contribution is -2.50. The molecule has 1 aliphatic rings. The summed E-state index contributed by atoms with van der Waals surface area (Å²) in [6, 6.07) is 22.4. The molecule has 0 saturated carbocycles. The number of ether oxygens (including phenoxy) is 1. The van der Waals surface area contributed by atoms with Gasteiger partial charge in [0.15, 0.2) is 6.10 Å². The average Bonchev–Trinajstić information content (AvgIpc) is 3.22. The molecular formula is C25H22N4O3. The Bertz CT molecular complexity index is 1300. The molecule has 7 nitrogen and oxygen atoms in total. The van der Waals surface area contributed by atoms with Crippen molar-refractivity contribution in [2.45, 2.75) is 12.6 Å². The third-order valence-electron chi connectivity index (χ3n) is 5.59. The minimum atomic E-state index is -0.809. The number of aromatic nitrogens is 2. The molecule has 32 heavy (non-hydrogen) atoms. The van der Waals surface area contributed by atoms with Crippen LogP contribution < -0.4 is 15.0 Å². The number of anilines is 1. The number of nitrogens with zero attached hydrogens (tertiary/aromatic N) is 3. The van der Waals surface area contributed by atoms with Crippen molar-refractivity contribution in [3.63, 3.8) is 0 Å². The van der Waals surface area contributed by atoms with Crippen LogP contribution in [0.4, 0.5) is 5.69 Å². The Balaban J connectivity index is 1.40. The summed E-state index contributed by atoms with van der Waals surface area (Å²) in [6.45, 7) is 0.516. The fraction of sp³-hybridized carbons (Fsp3) is 0.160. The Morgan fingerprint density at radius 3 is 2.69 bits per heavy atom. The van der Waals surface area contributed by atoms with Crippen LogP contribution in [-0.4, -0.2) is 34.0 Å². The van der Waals surface area contributed by atoms with E-state index >= 15 is 0 Å². The highest BCUT2D eigenvalue weighted by molar-refractivity contribution is 6.09. The Kier molecular flexibility index (Phi) is 5.07. The van der Waals surface area contributed by atoms with Crippen LogP contribution in [-0.2, 0) is 18.4 Å². The lowest BCUT2D eigenvalue weighted by atomic mass is 10.1. The highest BCUT2D eigenvalue weighted by Crippen LogP contribution is 2.34. The van der Waals surface area contributed by atoms with E-state index in [9.17, 15) is 9.59 Å². The molecule has 0 aliphatic carbocycles. The molecule has 7 heteroatoms. The number of imidazole rings is 1. The van der Waals surface area contributed by atoms with Crippen molar-refractivity contribution in [1.29, 1.82) is 0 Å². The quantitative estimate of drug-likeness (QED) is 0.543. The predicted octanol–water partition coefficient (Wildman–Crippen LogP) is 3.30. The van der Waals surface area contributed by atoms with Gasteiger partial charge in [-0.05, 0) is 35.9 Å². The normalized spacial score (nSPS) is 15.2. The van der Waals surface area contributed by atoms with Gasteiger partial charge in [0, 0.05) is 19.2 Å². The number of aryl methyl sites for hydroxylation is 1. The molecule has 0 radical (unpaired) electrons. The van der Waals surface area contributed by atoms with Gasteiger partial charge in [-0.2, -0.15) is 0 Å². The lowest BCUT2D eigenvalue weighted by molar-refractivity contribution is -0.127. The molecule has 1 N–H and O–H groups in total. The Morgan fingerprint density at radius 2 is 1.84 bits per heavy atom. The van der Waals surface area contributed by atoms with E-state index in [1.807, 2.05) is 66.2 Å². The minimum absolute atomic E-state index is 0.122. The molecule has 1 atom stereocenters. The van der Waals surface area contributed by atoms with Crippen LogP contribution in [0.15, 0.2) is 79.1 Å². The van der Waals surface area contributed by atoms with E-state index in [1.54, 1.807) is 29.4 Å². The number of nitrogens with one attached hydrogen (secondary N) is 1. The van der Waals surface area contributed by atoms with Gasteiger partial charge in [-0.15, -0.1) is 0 Å². The minimum Gasteiger partial charge on any atom is -0.477 e. The fourth-order valence-corrected chi connectivity index (χ4v) is 3.89. The second-order valence-electron chi connectivity index (χ2n) is 7.75. The highest BCUT2D eigenvalue weighted by atomic mass is 16.5. The zero-order valence-electron chi connectivity index (χ0n) is 17.6. The van der Waals surface area contributed by atoms with Crippen LogP contribution in [0, 0.1) is 0 Å². The molecular weight excluding hydrogens is 404 g/mol. The maximum atomic E-state index is 13.5. The van der Waals surface area contributed by atoms with E-state index in [0.29, 0.717) is 23.5 Å². The van der Waals surface area contributed by atoms with Crippen molar-refractivity contribution in [1.82, 2.24) is 14.9 Å². The van der Waals surface area contributed by atoms with E-state index in [0.717, 1.165) is 16.6 Å². The highest BCUT2D eigenvalue weighted by Gasteiger charge is 2.34. The van der Waals surface area contributed by atoms with Gasteiger partial charge in [-0.1, -0.05) is 42.5 Å². The zero-order chi connectivity index (χ0) is 22.1. The summed E-state index contributed by atoms with van der Waals surface area (Å²) in [7, 11) is 1.91. The van der Waals surface area contributed by atoms with Crippen LogP contribution in [0.5, 0.6) is 5.75 Å². The number of benzene rings is 3. The number of para-hydroxylation sites is 2.